The maximum atomic E-state index is 12.3. The highest BCUT2D eigenvalue weighted by Crippen LogP contribution is 2.20. The van der Waals surface area contributed by atoms with Crippen LogP contribution in [0.3, 0.4) is 0 Å². The molecule has 136 valence electrons. The SMILES string of the molecule is CCn1c(Cc2ccccc2)nnc1SCC(=O)Nc1ccccc1C#N. The molecule has 0 aliphatic rings. The summed E-state index contributed by atoms with van der Waals surface area (Å²) in [5.74, 6) is 0.892. The topological polar surface area (TPSA) is 83.6 Å². The molecule has 2 aromatic carbocycles. The zero-order valence-corrected chi connectivity index (χ0v) is 15.7. The van der Waals surface area contributed by atoms with E-state index in [1.54, 1.807) is 24.3 Å². The third kappa shape index (κ3) is 4.74. The Bertz CT molecular complexity index is 962. The second-order valence-corrected chi connectivity index (χ2v) is 6.74. The van der Waals surface area contributed by atoms with Gasteiger partial charge in [-0.2, -0.15) is 5.26 Å². The molecule has 3 rings (SSSR count). The van der Waals surface area contributed by atoms with E-state index >= 15 is 0 Å². The molecule has 1 amide bonds. The molecule has 27 heavy (non-hydrogen) atoms. The van der Waals surface area contributed by atoms with Crippen molar-refractivity contribution in [2.24, 2.45) is 0 Å². The molecule has 0 unspecified atom stereocenters. The number of nitrogens with zero attached hydrogens (tertiary/aromatic N) is 4. The standard InChI is InChI=1S/C20H19N5OS/c1-2-25-18(12-15-8-4-3-5-9-15)23-24-20(25)27-14-19(26)22-17-11-7-6-10-16(17)13-21/h3-11H,2,12,14H2,1H3,(H,22,26). The molecule has 0 fully saturated rings. The highest BCUT2D eigenvalue weighted by Gasteiger charge is 2.14. The number of thioether (sulfide) groups is 1. The number of hydrogen-bond donors (Lipinski definition) is 1. The van der Waals surface area contributed by atoms with Crippen LogP contribution < -0.4 is 5.32 Å². The molecule has 1 aromatic heterocycles. The summed E-state index contributed by atoms with van der Waals surface area (Å²) in [5, 5.41) is 21.1. The maximum Gasteiger partial charge on any atom is 0.234 e. The minimum absolute atomic E-state index is 0.182. The number of carbonyl (C=O) groups excluding carboxylic acids is 1. The lowest BCUT2D eigenvalue weighted by Gasteiger charge is -2.08. The zero-order valence-electron chi connectivity index (χ0n) is 14.9. The Kier molecular flexibility index (Phi) is 6.23. The van der Waals surface area contributed by atoms with Crippen LogP contribution in [-0.4, -0.2) is 26.4 Å². The first-order valence-corrected chi connectivity index (χ1v) is 9.57. The minimum atomic E-state index is -0.182. The molecule has 3 aromatic rings. The van der Waals surface area contributed by atoms with E-state index in [0.29, 0.717) is 22.8 Å². The molecule has 7 heteroatoms. The van der Waals surface area contributed by atoms with E-state index < -0.39 is 0 Å². The second kappa shape index (κ2) is 9.01. The van der Waals surface area contributed by atoms with Crippen molar-refractivity contribution in [2.75, 3.05) is 11.1 Å². The number of hydrogen-bond acceptors (Lipinski definition) is 5. The van der Waals surface area contributed by atoms with Gasteiger partial charge in [0.15, 0.2) is 5.16 Å². The van der Waals surface area contributed by atoms with Crippen LogP contribution in [0, 0.1) is 11.3 Å². The summed E-state index contributed by atoms with van der Waals surface area (Å²) in [6, 6.07) is 19.1. The van der Waals surface area contributed by atoms with Crippen LogP contribution in [-0.2, 0) is 17.8 Å². The van der Waals surface area contributed by atoms with Gasteiger partial charge in [0, 0.05) is 13.0 Å². The summed E-state index contributed by atoms with van der Waals surface area (Å²) in [6.45, 7) is 2.77. The second-order valence-electron chi connectivity index (χ2n) is 5.80. The number of carbonyl (C=O) groups is 1. The molecule has 0 atom stereocenters. The number of nitrogens with one attached hydrogen (secondary N) is 1. The van der Waals surface area contributed by atoms with Crippen LogP contribution in [0.2, 0.25) is 0 Å². The molecule has 0 bridgehead atoms. The van der Waals surface area contributed by atoms with Crippen LogP contribution >= 0.6 is 11.8 Å². The predicted octanol–water partition coefficient (Wildman–Crippen LogP) is 3.49. The number of anilines is 1. The quantitative estimate of drug-likeness (QED) is 0.637. The molecule has 1 N–H and O–H groups in total. The Balaban J connectivity index is 1.64. The van der Waals surface area contributed by atoms with Crippen molar-refractivity contribution in [1.82, 2.24) is 14.8 Å². The van der Waals surface area contributed by atoms with Crippen molar-refractivity contribution in [3.8, 4) is 6.07 Å². The van der Waals surface area contributed by atoms with E-state index in [9.17, 15) is 4.79 Å². The number of benzene rings is 2. The maximum absolute atomic E-state index is 12.3. The Morgan fingerprint density at radius 2 is 1.89 bits per heavy atom. The van der Waals surface area contributed by atoms with Crippen LogP contribution in [0.5, 0.6) is 0 Å². The van der Waals surface area contributed by atoms with Gasteiger partial charge in [-0.1, -0.05) is 54.2 Å². The lowest BCUT2D eigenvalue weighted by molar-refractivity contribution is -0.113. The van der Waals surface area contributed by atoms with Gasteiger partial charge in [-0.25, -0.2) is 0 Å². The normalized spacial score (nSPS) is 10.4. The van der Waals surface area contributed by atoms with Gasteiger partial charge >= 0.3 is 0 Å². The Morgan fingerprint density at radius 1 is 1.15 bits per heavy atom. The first-order chi connectivity index (χ1) is 13.2. The molecule has 0 aliphatic heterocycles. The number of rotatable bonds is 7. The highest BCUT2D eigenvalue weighted by molar-refractivity contribution is 7.99. The average Bonchev–Trinajstić information content (AvgIpc) is 3.09. The van der Waals surface area contributed by atoms with Gasteiger partial charge in [-0.3, -0.25) is 4.79 Å². The van der Waals surface area contributed by atoms with Crippen LogP contribution in [0.15, 0.2) is 59.8 Å². The van der Waals surface area contributed by atoms with Gasteiger partial charge in [-0.05, 0) is 24.6 Å². The zero-order chi connectivity index (χ0) is 19.1. The van der Waals surface area contributed by atoms with Gasteiger partial charge in [0.25, 0.3) is 0 Å². The molecular weight excluding hydrogens is 358 g/mol. The monoisotopic (exact) mass is 377 g/mol. The molecule has 1 heterocycles. The number of aromatic nitrogens is 3. The summed E-state index contributed by atoms with van der Waals surface area (Å²) >= 11 is 1.34. The fourth-order valence-electron chi connectivity index (χ4n) is 2.66. The largest absolute Gasteiger partial charge is 0.324 e. The minimum Gasteiger partial charge on any atom is -0.324 e. The lowest BCUT2D eigenvalue weighted by atomic mass is 10.1. The number of para-hydroxylation sites is 1. The molecule has 0 aliphatic carbocycles. The Hall–Kier alpha value is -3.11. The van der Waals surface area contributed by atoms with Gasteiger partial charge < -0.3 is 9.88 Å². The van der Waals surface area contributed by atoms with E-state index in [2.05, 4.69) is 33.7 Å². The summed E-state index contributed by atoms with van der Waals surface area (Å²) in [4.78, 5) is 12.3. The molecule has 0 spiro atoms. The summed E-state index contributed by atoms with van der Waals surface area (Å²) in [7, 11) is 0. The predicted molar refractivity (Wildman–Crippen MR) is 105 cm³/mol. The van der Waals surface area contributed by atoms with Gasteiger partial charge in [0.1, 0.15) is 11.9 Å². The van der Waals surface area contributed by atoms with E-state index in [0.717, 1.165) is 12.4 Å². The molecular formula is C20H19N5OS. The van der Waals surface area contributed by atoms with Crippen molar-refractivity contribution in [2.45, 2.75) is 25.0 Å². The first kappa shape index (κ1) is 18.7. The lowest BCUT2D eigenvalue weighted by Crippen LogP contribution is -2.15. The van der Waals surface area contributed by atoms with Crippen LogP contribution in [0.4, 0.5) is 5.69 Å². The molecule has 6 nitrogen and oxygen atoms in total. The van der Waals surface area contributed by atoms with Crippen molar-refractivity contribution >= 4 is 23.4 Å². The van der Waals surface area contributed by atoms with E-state index in [1.807, 2.05) is 29.7 Å². The van der Waals surface area contributed by atoms with Crippen LogP contribution in [0.25, 0.3) is 0 Å². The van der Waals surface area contributed by atoms with Gasteiger partial charge in [0.05, 0.1) is 17.0 Å². The summed E-state index contributed by atoms with van der Waals surface area (Å²) in [6.07, 6.45) is 0.698. The highest BCUT2D eigenvalue weighted by atomic mass is 32.2. The Labute approximate surface area is 162 Å². The fourth-order valence-corrected chi connectivity index (χ4v) is 3.48. The Morgan fingerprint density at radius 3 is 2.63 bits per heavy atom. The first-order valence-electron chi connectivity index (χ1n) is 8.59. The average molecular weight is 377 g/mol. The summed E-state index contributed by atoms with van der Waals surface area (Å²) < 4.78 is 2.02. The molecule has 0 radical (unpaired) electrons. The van der Waals surface area contributed by atoms with E-state index in [1.165, 1.54) is 17.3 Å². The van der Waals surface area contributed by atoms with Gasteiger partial charge in [-0.15, -0.1) is 10.2 Å². The number of amides is 1. The van der Waals surface area contributed by atoms with Crippen molar-refractivity contribution < 1.29 is 4.79 Å². The third-order valence-electron chi connectivity index (χ3n) is 3.97. The number of nitriles is 1. The molecule has 0 saturated heterocycles. The fraction of sp³-hybridized carbons (Fsp3) is 0.200. The van der Waals surface area contributed by atoms with Crippen LogP contribution in [0.1, 0.15) is 23.9 Å². The van der Waals surface area contributed by atoms with E-state index in [4.69, 9.17) is 5.26 Å². The molecule has 0 saturated carbocycles. The van der Waals surface area contributed by atoms with Crippen molar-refractivity contribution in [3.63, 3.8) is 0 Å². The van der Waals surface area contributed by atoms with E-state index in [-0.39, 0.29) is 11.7 Å². The van der Waals surface area contributed by atoms with Crippen molar-refractivity contribution in [3.05, 3.63) is 71.5 Å². The van der Waals surface area contributed by atoms with Gasteiger partial charge in [0.2, 0.25) is 5.91 Å². The van der Waals surface area contributed by atoms with Crippen molar-refractivity contribution in [1.29, 1.82) is 5.26 Å². The summed E-state index contributed by atoms with van der Waals surface area (Å²) in [5.41, 5.74) is 2.13. The smallest absolute Gasteiger partial charge is 0.234 e. The third-order valence-corrected chi connectivity index (χ3v) is 4.94.